The normalized spacial score (nSPS) is 28.1. The zero-order chi connectivity index (χ0) is 7.56. The van der Waals surface area contributed by atoms with Crippen molar-refractivity contribution in [2.75, 3.05) is 19.6 Å². The number of hydrogen-bond donors (Lipinski definition) is 0. The maximum atomic E-state index is 5.86. The predicted octanol–water partition coefficient (Wildman–Crippen LogP) is 2.38. The largest absolute Gasteiger partial charge is 0.302 e. The highest BCUT2D eigenvalue weighted by atomic mass is 35.5. The Kier molecular flexibility index (Phi) is 5.49. The van der Waals surface area contributed by atoms with Crippen LogP contribution < -0.4 is 0 Å². The summed E-state index contributed by atoms with van der Waals surface area (Å²) in [6.45, 7) is 7.92. The minimum absolute atomic E-state index is 0. The molecule has 11 heavy (non-hydrogen) atoms. The molecule has 0 spiro atoms. The van der Waals surface area contributed by atoms with Crippen molar-refractivity contribution in [2.24, 2.45) is 5.92 Å². The summed E-state index contributed by atoms with van der Waals surface area (Å²) in [5.74, 6) is 0.885. The van der Waals surface area contributed by atoms with Crippen LogP contribution in [0.5, 0.6) is 0 Å². The van der Waals surface area contributed by atoms with Crippen LogP contribution in [0.2, 0.25) is 0 Å². The third-order valence-electron chi connectivity index (χ3n) is 2.02. The lowest BCUT2D eigenvalue weighted by Gasteiger charge is -2.15. The van der Waals surface area contributed by atoms with Gasteiger partial charge >= 0.3 is 0 Å². The van der Waals surface area contributed by atoms with Crippen LogP contribution >= 0.6 is 24.0 Å². The summed E-state index contributed by atoms with van der Waals surface area (Å²) in [5, 5.41) is 0.310. The van der Waals surface area contributed by atoms with E-state index >= 15 is 0 Å². The fourth-order valence-electron chi connectivity index (χ4n) is 1.55. The molecule has 1 nitrogen and oxygen atoms in total. The number of rotatable bonds is 2. The van der Waals surface area contributed by atoms with Gasteiger partial charge in [0.15, 0.2) is 0 Å². The van der Waals surface area contributed by atoms with Crippen LogP contribution in [0.3, 0.4) is 0 Å². The van der Waals surface area contributed by atoms with E-state index in [1.807, 2.05) is 0 Å². The van der Waals surface area contributed by atoms with Crippen molar-refractivity contribution in [3.63, 3.8) is 0 Å². The minimum Gasteiger partial charge on any atom is -0.302 e. The molecule has 1 saturated heterocycles. The quantitative estimate of drug-likeness (QED) is 0.615. The Labute approximate surface area is 80.5 Å². The standard InChI is InChI=1S/C8H16ClN.ClH/c1-7-3-4-10(5-7)6-8(2)9;/h7-8H,3-6H2,1-2H3;1H/t7?,8-;/m0./s1. The van der Waals surface area contributed by atoms with Gasteiger partial charge in [0.05, 0.1) is 0 Å². The molecule has 1 heterocycles. The van der Waals surface area contributed by atoms with Gasteiger partial charge in [-0.15, -0.1) is 24.0 Å². The first-order valence-corrected chi connectivity index (χ1v) is 4.48. The van der Waals surface area contributed by atoms with Crippen LogP contribution in [0, 0.1) is 5.92 Å². The molecule has 0 amide bonds. The van der Waals surface area contributed by atoms with E-state index in [1.165, 1.54) is 19.5 Å². The van der Waals surface area contributed by atoms with Crippen LogP contribution in [0.15, 0.2) is 0 Å². The molecule has 1 unspecified atom stereocenters. The Morgan fingerprint density at radius 2 is 2.27 bits per heavy atom. The summed E-state index contributed by atoms with van der Waals surface area (Å²) in [4.78, 5) is 2.45. The van der Waals surface area contributed by atoms with E-state index in [4.69, 9.17) is 11.6 Å². The molecule has 0 saturated carbocycles. The molecule has 68 valence electrons. The molecular weight excluding hydrogens is 181 g/mol. The molecule has 0 aliphatic carbocycles. The lowest BCUT2D eigenvalue weighted by molar-refractivity contribution is 0.331. The predicted molar refractivity (Wildman–Crippen MR) is 52.8 cm³/mol. The summed E-state index contributed by atoms with van der Waals surface area (Å²) < 4.78 is 0. The second-order valence-corrected chi connectivity index (χ2v) is 4.18. The van der Waals surface area contributed by atoms with E-state index in [-0.39, 0.29) is 12.4 Å². The molecule has 1 aliphatic rings. The number of halogens is 2. The number of nitrogens with zero attached hydrogens (tertiary/aromatic N) is 1. The topological polar surface area (TPSA) is 3.24 Å². The second kappa shape index (κ2) is 5.23. The van der Waals surface area contributed by atoms with Crippen LogP contribution in [0.25, 0.3) is 0 Å². The molecule has 0 aromatic carbocycles. The zero-order valence-corrected chi connectivity index (χ0v) is 8.79. The molecular formula is C8H17Cl2N. The van der Waals surface area contributed by atoms with Crippen molar-refractivity contribution >= 4 is 24.0 Å². The van der Waals surface area contributed by atoms with Gasteiger partial charge < -0.3 is 4.90 Å². The van der Waals surface area contributed by atoms with E-state index in [2.05, 4.69) is 18.7 Å². The van der Waals surface area contributed by atoms with Crippen LogP contribution in [-0.2, 0) is 0 Å². The highest BCUT2D eigenvalue weighted by Gasteiger charge is 2.18. The highest BCUT2D eigenvalue weighted by Crippen LogP contribution is 2.15. The zero-order valence-electron chi connectivity index (χ0n) is 7.22. The lowest BCUT2D eigenvalue weighted by atomic mass is 10.2. The molecule has 0 bridgehead atoms. The van der Waals surface area contributed by atoms with Crippen molar-refractivity contribution in [3.05, 3.63) is 0 Å². The van der Waals surface area contributed by atoms with Gasteiger partial charge in [0, 0.05) is 18.5 Å². The Bertz CT molecular complexity index is 106. The molecule has 1 aliphatic heterocycles. The van der Waals surface area contributed by atoms with E-state index in [0.717, 1.165) is 12.5 Å². The number of likely N-dealkylation sites (tertiary alicyclic amines) is 1. The SMILES string of the molecule is CC1CCN(C[C@H](C)Cl)C1.Cl. The third kappa shape index (κ3) is 4.19. The van der Waals surface area contributed by atoms with Gasteiger partial charge in [0.2, 0.25) is 0 Å². The van der Waals surface area contributed by atoms with E-state index in [1.54, 1.807) is 0 Å². The molecule has 0 aromatic rings. The Morgan fingerprint density at radius 3 is 2.64 bits per heavy atom. The van der Waals surface area contributed by atoms with Gasteiger partial charge in [-0.3, -0.25) is 0 Å². The van der Waals surface area contributed by atoms with Gasteiger partial charge in [-0.2, -0.15) is 0 Å². The highest BCUT2D eigenvalue weighted by molar-refractivity contribution is 6.20. The summed E-state index contributed by atoms with van der Waals surface area (Å²) in [6.07, 6.45) is 1.35. The first-order chi connectivity index (χ1) is 4.68. The molecule has 0 aromatic heterocycles. The first kappa shape index (κ1) is 11.5. The summed E-state index contributed by atoms with van der Waals surface area (Å²) in [7, 11) is 0. The van der Waals surface area contributed by atoms with E-state index in [0.29, 0.717) is 5.38 Å². The smallest absolute Gasteiger partial charge is 0.0435 e. The van der Waals surface area contributed by atoms with Crippen molar-refractivity contribution in [1.29, 1.82) is 0 Å². The van der Waals surface area contributed by atoms with Crippen LogP contribution in [0.1, 0.15) is 20.3 Å². The molecule has 1 rings (SSSR count). The summed E-state index contributed by atoms with van der Waals surface area (Å²) >= 11 is 5.86. The molecule has 0 radical (unpaired) electrons. The van der Waals surface area contributed by atoms with E-state index < -0.39 is 0 Å². The average molecular weight is 198 g/mol. The summed E-state index contributed by atoms with van der Waals surface area (Å²) in [6, 6.07) is 0. The summed E-state index contributed by atoms with van der Waals surface area (Å²) in [5.41, 5.74) is 0. The maximum absolute atomic E-state index is 5.86. The van der Waals surface area contributed by atoms with Gasteiger partial charge in [0.25, 0.3) is 0 Å². The fraction of sp³-hybridized carbons (Fsp3) is 1.00. The van der Waals surface area contributed by atoms with Crippen molar-refractivity contribution in [2.45, 2.75) is 25.6 Å². The Balaban J connectivity index is 0.000001000. The lowest BCUT2D eigenvalue weighted by Crippen LogP contribution is -2.26. The monoisotopic (exact) mass is 197 g/mol. The van der Waals surface area contributed by atoms with Crippen LogP contribution in [0.4, 0.5) is 0 Å². The number of hydrogen-bond acceptors (Lipinski definition) is 1. The fourth-order valence-corrected chi connectivity index (χ4v) is 1.74. The number of alkyl halides is 1. The minimum atomic E-state index is 0. The molecule has 2 atom stereocenters. The molecule has 1 fully saturated rings. The van der Waals surface area contributed by atoms with Crippen molar-refractivity contribution in [3.8, 4) is 0 Å². The van der Waals surface area contributed by atoms with Crippen molar-refractivity contribution in [1.82, 2.24) is 4.90 Å². The van der Waals surface area contributed by atoms with E-state index in [9.17, 15) is 0 Å². The second-order valence-electron chi connectivity index (χ2n) is 3.43. The Hall–Kier alpha value is 0.540. The van der Waals surface area contributed by atoms with Gasteiger partial charge in [0.1, 0.15) is 0 Å². The van der Waals surface area contributed by atoms with Gasteiger partial charge in [-0.05, 0) is 25.8 Å². The first-order valence-electron chi connectivity index (χ1n) is 4.05. The molecule has 3 heteroatoms. The van der Waals surface area contributed by atoms with Gasteiger partial charge in [-0.1, -0.05) is 6.92 Å². The third-order valence-corrected chi connectivity index (χ3v) is 2.16. The average Bonchev–Trinajstić information content (AvgIpc) is 2.13. The Morgan fingerprint density at radius 1 is 1.64 bits per heavy atom. The van der Waals surface area contributed by atoms with Gasteiger partial charge in [-0.25, -0.2) is 0 Å². The van der Waals surface area contributed by atoms with Crippen molar-refractivity contribution < 1.29 is 0 Å². The maximum Gasteiger partial charge on any atom is 0.0435 e. The molecule has 0 N–H and O–H groups in total. The van der Waals surface area contributed by atoms with Crippen LogP contribution in [-0.4, -0.2) is 29.9 Å².